The second kappa shape index (κ2) is 9.00. The number of ether oxygens (including phenoxy) is 1. The van der Waals surface area contributed by atoms with Crippen LogP contribution in [0.15, 0.2) is 0 Å². The van der Waals surface area contributed by atoms with Crippen molar-refractivity contribution in [2.24, 2.45) is 17.1 Å². The summed E-state index contributed by atoms with van der Waals surface area (Å²) in [5, 5.41) is 0. The van der Waals surface area contributed by atoms with Crippen LogP contribution in [0.2, 0.25) is 0 Å². The van der Waals surface area contributed by atoms with Crippen LogP contribution in [0, 0.1) is 11.3 Å². The fourth-order valence-corrected chi connectivity index (χ4v) is 1.61. The Morgan fingerprint density at radius 1 is 1.06 bits per heavy atom. The van der Waals surface area contributed by atoms with E-state index in [0.29, 0.717) is 5.41 Å². The molecule has 0 aliphatic rings. The maximum absolute atomic E-state index is 5.68. The lowest BCUT2D eigenvalue weighted by Gasteiger charge is -2.21. The van der Waals surface area contributed by atoms with Crippen LogP contribution < -0.4 is 5.73 Å². The Bertz CT molecular complexity index is 155. The highest BCUT2D eigenvalue weighted by molar-refractivity contribution is 4.68. The minimum Gasteiger partial charge on any atom is -0.381 e. The van der Waals surface area contributed by atoms with Crippen molar-refractivity contribution in [2.75, 3.05) is 19.8 Å². The quantitative estimate of drug-likeness (QED) is 0.581. The molecule has 0 rings (SSSR count). The molecule has 0 saturated heterocycles. The Hall–Kier alpha value is -0.0800. The van der Waals surface area contributed by atoms with Crippen molar-refractivity contribution in [3.63, 3.8) is 0 Å². The summed E-state index contributed by atoms with van der Waals surface area (Å²) < 4.78 is 5.60. The highest BCUT2D eigenvalue weighted by atomic mass is 16.5. The molecule has 2 nitrogen and oxygen atoms in total. The topological polar surface area (TPSA) is 35.2 Å². The van der Waals surface area contributed by atoms with Crippen molar-refractivity contribution in [3.8, 4) is 0 Å². The highest BCUT2D eigenvalue weighted by Gasteiger charge is 2.14. The standard InChI is InChI=1S/C14H31NO/c1-13(2)8-7-11-16-10-6-5-9-14(3,4)12-15/h13H,5-12,15H2,1-4H3. The Labute approximate surface area is 102 Å². The zero-order valence-corrected chi connectivity index (χ0v) is 11.7. The number of nitrogens with two attached hydrogens (primary N) is 1. The number of rotatable bonds is 10. The monoisotopic (exact) mass is 229 g/mol. The molecule has 0 unspecified atom stereocenters. The molecular weight excluding hydrogens is 198 g/mol. The number of hydrogen-bond acceptors (Lipinski definition) is 2. The van der Waals surface area contributed by atoms with E-state index in [1.165, 1.54) is 32.1 Å². The third-order valence-corrected chi connectivity index (χ3v) is 3.01. The summed E-state index contributed by atoms with van der Waals surface area (Å²) in [6.45, 7) is 11.6. The largest absolute Gasteiger partial charge is 0.381 e. The molecule has 2 N–H and O–H groups in total. The molecule has 0 aliphatic carbocycles. The van der Waals surface area contributed by atoms with E-state index in [9.17, 15) is 0 Å². The molecule has 0 bridgehead atoms. The lowest BCUT2D eigenvalue weighted by Crippen LogP contribution is -2.23. The van der Waals surface area contributed by atoms with Gasteiger partial charge in [0.05, 0.1) is 0 Å². The predicted octanol–water partition coefficient (Wildman–Crippen LogP) is 3.59. The maximum atomic E-state index is 5.68. The van der Waals surface area contributed by atoms with Crippen LogP contribution in [0.3, 0.4) is 0 Å². The molecule has 0 aromatic heterocycles. The SMILES string of the molecule is CC(C)CCCOCCCCC(C)(C)CN. The molecule has 98 valence electrons. The molecule has 0 fully saturated rings. The molecule has 0 spiro atoms. The van der Waals surface area contributed by atoms with E-state index in [0.717, 1.165) is 25.7 Å². The first kappa shape index (κ1) is 15.9. The molecular formula is C14H31NO. The molecule has 0 radical (unpaired) electrons. The van der Waals surface area contributed by atoms with Gasteiger partial charge in [0.25, 0.3) is 0 Å². The van der Waals surface area contributed by atoms with Crippen molar-refractivity contribution in [2.45, 2.75) is 59.8 Å². The van der Waals surface area contributed by atoms with Crippen molar-refractivity contribution in [3.05, 3.63) is 0 Å². The van der Waals surface area contributed by atoms with Gasteiger partial charge in [-0.1, -0.05) is 34.1 Å². The molecule has 0 aromatic rings. The average Bonchev–Trinajstić information content (AvgIpc) is 2.21. The van der Waals surface area contributed by atoms with E-state index in [1.54, 1.807) is 0 Å². The Morgan fingerprint density at radius 2 is 1.69 bits per heavy atom. The van der Waals surface area contributed by atoms with Gasteiger partial charge >= 0.3 is 0 Å². The van der Waals surface area contributed by atoms with Crippen LogP contribution in [-0.4, -0.2) is 19.8 Å². The van der Waals surface area contributed by atoms with Gasteiger partial charge in [0.15, 0.2) is 0 Å². The zero-order valence-electron chi connectivity index (χ0n) is 11.7. The summed E-state index contributed by atoms with van der Waals surface area (Å²) in [5.41, 5.74) is 5.99. The van der Waals surface area contributed by atoms with Crippen LogP contribution in [0.25, 0.3) is 0 Å². The zero-order chi connectivity index (χ0) is 12.4. The molecule has 0 aromatic carbocycles. The summed E-state index contributed by atoms with van der Waals surface area (Å²) in [6.07, 6.45) is 6.09. The van der Waals surface area contributed by atoms with Crippen molar-refractivity contribution in [1.82, 2.24) is 0 Å². The van der Waals surface area contributed by atoms with E-state index in [-0.39, 0.29) is 0 Å². The van der Waals surface area contributed by atoms with Crippen LogP contribution in [0.4, 0.5) is 0 Å². The third-order valence-electron chi connectivity index (χ3n) is 3.01. The molecule has 0 atom stereocenters. The van der Waals surface area contributed by atoms with Crippen LogP contribution in [0.1, 0.15) is 59.8 Å². The van der Waals surface area contributed by atoms with E-state index in [1.807, 2.05) is 0 Å². The molecule has 0 amide bonds. The molecule has 16 heavy (non-hydrogen) atoms. The van der Waals surface area contributed by atoms with E-state index >= 15 is 0 Å². The van der Waals surface area contributed by atoms with E-state index in [2.05, 4.69) is 27.7 Å². The Morgan fingerprint density at radius 3 is 2.25 bits per heavy atom. The minimum absolute atomic E-state index is 0.303. The van der Waals surface area contributed by atoms with Gasteiger partial charge in [0.2, 0.25) is 0 Å². The molecule has 2 heteroatoms. The third kappa shape index (κ3) is 10.4. The van der Waals surface area contributed by atoms with Gasteiger partial charge < -0.3 is 10.5 Å². The smallest absolute Gasteiger partial charge is 0.0466 e. The summed E-state index contributed by atoms with van der Waals surface area (Å²) in [5.74, 6) is 0.800. The summed E-state index contributed by atoms with van der Waals surface area (Å²) in [6, 6.07) is 0. The minimum atomic E-state index is 0.303. The second-order valence-electron chi connectivity index (χ2n) is 5.97. The highest BCUT2D eigenvalue weighted by Crippen LogP contribution is 2.21. The maximum Gasteiger partial charge on any atom is 0.0466 e. The molecule has 0 aliphatic heterocycles. The van der Waals surface area contributed by atoms with E-state index < -0.39 is 0 Å². The number of unbranched alkanes of at least 4 members (excludes halogenated alkanes) is 1. The average molecular weight is 229 g/mol. The van der Waals surface area contributed by atoms with Gasteiger partial charge in [0, 0.05) is 13.2 Å². The lowest BCUT2D eigenvalue weighted by molar-refractivity contribution is 0.121. The van der Waals surface area contributed by atoms with Crippen LogP contribution in [-0.2, 0) is 4.74 Å². The van der Waals surface area contributed by atoms with Gasteiger partial charge in [0.1, 0.15) is 0 Å². The van der Waals surface area contributed by atoms with E-state index in [4.69, 9.17) is 10.5 Å². The van der Waals surface area contributed by atoms with Gasteiger partial charge in [-0.3, -0.25) is 0 Å². The van der Waals surface area contributed by atoms with Crippen molar-refractivity contribution >= 4 is 0 Å². The normalized spacial score (nSPS) is 12.4. The lowest BCUT2D eigenvalue weighted by atomic mass is 9.87. The van der Waals surface area contributed by atoms with Crippen molar-refractivity contribution in [1.29, 1.82) is 0 Å². The fraction of sp³-hybridized carbons (Fsp3) is 1.00. The second-order valence-corrected chi connectivity index (χ2v) is 5.97. The van der Waals surface area contributed by atoms with Crippen LogP contribution in [0.5, 0.6) is 0 Å². The first-order valence-corrected chi connectivity index (χ1v) is 6.76. The molecule has 0 heterocycles. The molecule has 0 saturated carbocycles. The van der Waals surface area contributed by atoms with Crippen LogP contribution >= 0.6 is 0 Å². The fourth-order valence-electron chi connectivity index (χ4n) is 1.61. The van der Waals surface area contributed by atoms with Gasteiger partial charge in [-0.15, -0.1) is 0 Å². The first-order valence-electron chi connectivity index (χ1n) is 6.76. The first-order chi connectivity index (χ1) is 7.48. The summed E-state index contributed by atoms with van der Waals surface area (Å²) >= 11 is 0. The predicted molar refractivity (Wildman–Crippen MR) is 71.6 cm³/mol. The summed E-state index contributed by atoms with van der Waals surface area (Å²) in [7, 11) is 0. The van der Waals surface area contributed by atoms with Gasteiger partial charge in [-0.2, -0.15) is 0 Å². The van der Waals surface area contributed by atoms with Gasteiger partial charge in [-0.05, 0) is 43.6 Å². The number of hydrogen-bond donors (Lipinski definition) is 1. The summed E-state index contributed by atoms with van der Waals surface area (Å²) in [4.78, 5) is 0. The Kier molecular flexibility index (Phi) is 8.96. The Balaban J connectivity index is 3.16. The van der Waals surface area contributed by atoms with Gasteiger partial charge in [-0.25, -0.2) is 0 Å². The van der Waals surface area contributed by atoms with Crippen molar-refractivity contribution < 1.29 is 4.74 Å².